The molecule has 1 aromatic rings. The maximum absolute atomic E-state index is 4.54. The molecule has 0 radical (unpaired) electrons. The van der Waals surface area contributed by atoms with Crippen molar-refractivity contribution >= 4 is 11.3 Å². The van der Waals surface area contributed by atoms with Gasteiger partial charge in [-0.15, -0.1) is 11.3 Å². The topological polar surface area (TPSA) is 28.2 Å². The number of rotatable bonds is 6. The van der Waals surface area contributed by atoms with Crippen molar-refractivity contribution in [1.29, 1.82) is 0 Å². The van der Waals surface area contributed by atoms with Crippen LogP contribution in [-0.2, 0) is 13.0 Å². The van der Waals surface area contributed by atoms with Gasteiger partial charge in [0.2, 0.25) is 0 Å². The second-order valence-corrected chi connectivity index (χ2v) is 5.25. The van der Waals surface area contributed by atoms with Crippen molar-refractivity contribution in [2.45, 2.75) is 32.7 Å². The fourth-order valence-corrected chi connectivity index (χ4v) is 2.80. The van der Waals surface area contributed by atoms with Crippen LogP contribution in [-0.4, -0.2) is 36.1 Å². The first-order chi connectivity index (χ1) is 7.88. The molecule has 1 fully saturated rings. The molecule has 0 aromatic carbocycles. The van der Waals surface area contributed by atoms with Crippen molar-refractivity contribution in [2.75, 3.05) is 26.2 Å². The van der Waals surface area contributed by atoms with E-state index in [-0.39, 0.29) is 0 Å². The van der Waals surface area contributed by atoms with Gasteiger partial charge in [-0.05, 0) is 32.4 Å². The summed E-state index contributed by atoms with van der Waals surface area (Å²) in [6.45, 7) is 7.92. The predicted octanol–water partition coefficient (Wildman–Crippen LogP) is 1.89. The molecule has 1 N–H and O–H groups in total. The highest BCUT2D eigenvalue weighted by Crippen LogP contribution is 2.09. The molecular formula is C12H21N3S. The Balaban J connectivity index is 1.60. The Morgan fingerprint density at radius 2 is 2.25 bits per heavy atom. The summed E-state index contributed by atoms with van der Waals surface area (Å²) in [5.41, 5.74) is 1.20. The summed E-state index contributed by atoms with van der Waals surface area (Å²) in [4.78, 5) is 7.07. The number of aromatic nitrogens is 1. The van der Waals surface area contributed by atoms with Crippen LogP contribution in [0.3, 0.4) is 0 Å². The van der Waals surface area contributed by atoms with Crippen LogP contribution in [0.1, 0.15) is 30.5 Å². The molecule has 2 rings (SSSR count). The second-order valence-electron chi connectivity index (χ2n) is 4.31. The zero-order chi connectivity index (χ0) is 11.2. The van der Waals surface area contributed by atoms with Gasteiger partial charge in [0.15, 0.2) is 0 Å². The minimum atomic E-state index is 0.921. The summed E-state index contributed by atoms with van der Waals surface area (Å²) in [6.07, 6.45) is 3.82. The lowest BCUT2D eigenvalue weighted by atomic mass is 10.4. The van der Waals surface area contributed by atoms with Crippen LogP contribution >= 0.6 is 11.3 Å². The smallest absolute Gasteiger partial charge is 0.0926 e. The molecule has 1 aromatic heterocycles. The minimum Gasteiger partial charge on any atom is -0.310 e. The van der Waals surface area contributed by atoms with E-state index in [1.165, 1.54) is 43.2 Å². The highest BCUT2D eigenvalue weighted by molar-refractivity contribution is 7.09. The number of thiazole rings is 1. The quantitative estimate of drug-likeness (QED) is 0.768. The molecule has 4 heteroatoms. The van der Waals surface area contributed by atoms with E-state index in [1.807, 2.05) is 0 Å². The third-order valence-corrected chi connectivity index (χ3v) is 4.05. The van der Waals surface area contributed by atoms with Gasteiger partial charge in [-0.1, -0.05) is 6.92 Å². The fraction of sp³-hybridized carbons (Fsp3) is 0.750. The first-order valence-corrected chi connectivity index (χ1v) is 7.13. The summed E-state index contributed by atoms with van der Waals surface area (Å²) in [6, 6.07) is 0. The van der Waals surface area contributed by atoms with Gasteiger partial charge >= 0.3 is 0 Å². The average molecular weight is 239 g/mol. The van der Waals surface area contributed by atoms with Gasteiger partial charge in [0, 0.05) is 25.0 Å². The summed E-state index contributed by atoms with van der Waals surface area (Å²) in [5, 5.41) is 6.88. The van der Waals surface area contributed by atoms with Gasteiger partial charge in [0.25, 0.3) is 0 Å². The Morgan fingerprint density at radius 1 is 1.44 bits per heavy atom. The monoisotopic (exact) mass is 239 g/mol. The third-order valence-electron chi connectivity index (χ3n) is 3.01. The molecule has 16 heavy (non-hydrogen) atoms. The van der Waals surface area contributed by atoms with Gasteiger partial charge < -0.3 is 10.2 Å². The molecule has 3 nitrogen and oxygen atoms in total. The second kappa shape index (κ2) is 6.33. The van der Waals surface area contributed by atoms with E-state index < -0.39 is 0 Å². The summed E-state index contributed by atoms with van der Waals surface area (Å²) in [5.74, 6) is 0. The molecule has 0 atom stereocenters. The van der Waals surface area contributed by atoms with Crippen LogP contribution in [0.4, 0.5) is 0 Å². The predicted molar refractivity (Wildman–Crippen MR) is 68.9 cm³/mol. The maximum atomic E-state index is 4.54. The minimum absolute atomic E-state index is 0.921. The van der Waals surface area contributed by atoms with Crippen LogP contribution in [0.2, 0.25) is 0 Å². The largest absolute Gasteiger partial charge is 0.310 e. The van der Waals surface area contributed by atoms with Crippen LogP contribution in [0.15, 0.2) is 5.38 Å². The fourth-order valence-electron chi connectivity index (χ4n) is 2.05. The lowest BCUT2D eigenvalue weighted by molar-refractivity contribution is 0.335. The summed E-state index contributed by atoms with van der Waals surface area (Å²) in [7, 11) is 0. The molecule has 0 amide bonds. The number of likely N-dealkylation sites (tertiary alicyclic amines) is 1. The SMILES string of the molecule is CCc1nc(CNCCN2CCCC2)cs1. The normalized spacial score (nSPS) is 17.1. The van der Waals surface area contributed by atoms with E-state index in [0.29, 0.717) is 0 Å². The number of nitrogens with zero attached hydrogens (tertiary/aromatic N) is 2. The van der Waals surface area contributed by atoms with Gasteiger partial charge in [-0.3, -0.25) is 0 Å². The van der Waals surface area contributed by atoms with Crippen molar-refractivity contribution in [2.24, 2.45) is 0 Å². The Morgan fingerprint density at radius 3 is 2.94 bits per heavy atom. The van der Waals surface area contributed by atoms with Crippen molar-refractivity contribution in [3.05, 3.63) is 16.1 Å². The van der Waals surface area contributed by atoms with E-state index in [9.17, 15) is 0 Å². The van der Waals surface area contributed by atoms with Crippen molar-refractivity contribution in [3.63, 3.8) is 0 Å². The molecule has 0 spiro atoms. The Kier molecular flexibility index (Phi) is 4.75. The average Bonchev–Trinajstić information content (AvgIpc) is 2.95. The van der Waals surface area contributed by atoms with Crippen LogP contribution in [0.5, 0.6) is 0 Å². The highest BCUT2D eigenvalue weighted by Gasteiger charge is 2.10. The van der Waals surface area contributed by atoms with E-state index in [2.05, 4.69) is 27.5 Å². The molecular weight excluding hydrogens is 218 g/mol. The summed E-state index contributed by atoms with van der Waals surface area (Å²) >= 11 is 1.77. The summed E-state index contributed by atoms with van der Waals surface area (Å²) < 4.78 is 0. The van der Waals surface area contributed by atoms with Crippen molar-refractivity contribution in [1.82, 2.24) is 15.2 Å². The van der Waals surface area contributed by atoms with Crippen molar-refractivity contribution < 1.29 is 0 Å². The van der Waals surface area contributed by atoms with E-state index in [4.69, 9.17) is 0 Å². The lowest BCUT2D eigenvalue weighted by Gasteiger charge is -2.14. The van der Waals surface area contributed by atoms with E-state index in [1.54, 1.807) is 11.3 Å². The molecule has 1 saturated heterocycles. The van der Waals surface area contributed by atoms with Crippen LogP contribution in [0.25, 0.3) is 0 Å². The van der Waals surface area contributed by atoms with Crippen molar-refractivity contribution in [3.8, 4) is 0 Å². The first-order valence-electron chi connectivity index (χ1n) is 6.25. The molecule has 0 saturated carbocycles. The van der Waals surface area contributed by atoms with E-state index in [0.717, 1.165) is 19.5 Å². The lowest BCUT2D eigenvalue weighted by Crippen LogP contribution is -2.29. The highest BCUT2D eigenvalue weighted by atomic mass is 32.1. The molecule has 0 unspecified atom stereocenters. The maximum Gasteiger partial charge on any atom is 0.0926 e. The third kappa shape index (κ3) is 3.54. The molecule has 1 aliphatic heterocycles. The van der Waals surface area contributed by atoms with Gasteiger partial charge in [-0.25, -0.2) is 4.98 Å². The number of nitrogens with one attached hydrogen (secondary N) is 1. The van der Waals surface area contributed by atoms with Gasteiger partial charge in [0.05, 0.1) is 10.7 Å². The molecule has 1 aliphatic rings. The molecule has 0 bridgehead atoms. The van der Waals surface area contributed by atoms with Crippen LogP contribution < -0.4 is 5.32 Å². The van der Waals surface area contributed by atoms with E-state index >= 15 is 0 Å². The number of hydrogen-bond acceptors (Lipinski definition) is 4. The number of hydrogen-bond donors (Lipinski definition) is 1. The standard InChI is InChI=1S/C12H21N3S/c1-2-12-14-11(10-16-12)9-13-5-8-15-6-3-4-7-15/h10,13H,2-9H2,1H3. The van der Waals surface area contributed by atoms with Gasteiger partial charge in [0.1, 0.15) is 0 Å². The zero-order valence-corrected chi connectivity index (χ0v) is 10.9. The zero-order valence-electron chi connectivity index (χ0n) is 10.0. The van der Waals surface area contributed by atoms with Gasteiger partial charge in [-0.2, -0.15) is 0 Å². The van der Waals surface area contributed by atoms with Crippen LogP contribution in [0, 0.1) is 0 Å². The first kappa shape index (κ1) is 12.0. The Hall–Kier alpha value is -0.450. The number of aryl methyl sites for hydroxylation is 1. The molecule has 90 valence electrons. The Bertz CT molecular complexity index is 305. The molecule has 2 heterocycles. The molecule has 0 aliphatic carbocycles. The Labute approximate surface area is 102 Å².